The predicted octanol–water partition coefficient (Wildman–Crippen LogP) is 2.67. The molecule has 1 aromatic heterocycles. The normalized spacial score (nSPS) is 16.0. The molecule has 0 aliphatic carbocycles. The first-order valence-corrected chi connectivity index (χ1v) is 6.59. The highest BCUT2D eigenvalue weighted by molar-refractivity contribution is 5.98. The lowest BCUT2D eigenvalue weighted by atomic mass is 10.1. The van der Waals surface area contributed by atoms with Crippen molar-refractivity contribution in [2.24, 2.45) is 0 Å². The van der Waals surface area contributed by atoms with Crippen LogP contribution in [0.1, 0.15) is 18.9 Å². The van der Waals surface area contributed by atoms with Crippen molar-refractivity contribution < 1.29 is 18.0 Å². The Morgan fingerprint density at radius 2 is 2.05 bits per heavy atom. The molecule has 0 bridgehead atoms. The summed E-state index contributed by atoms with van der Waals surface area (Å²) in [6.07, 6.45) is -1.58. The highest BCUT2D eigenvalue weighted by Crippen LogP contribution is 2.30. The van der Waals surface area contributed by atoms with Gasteiger partial charge < -0.3 is 9.80 Å². The second-order valence-electron chi connectivity index (χ2n) is 4.83. The Kier molecular flexibility index (Phi) is 4.20. The fourth-order valence-corrected chi connectivity index (χ4v) is 2.08. The van der Waals surface area contributed by atoms with E-state index in [1.165, 1.54) is 6.07 Å². The summed E-state index contributed by atoms with van der Waals surface area (Å²) in [5.74, 6) is 0.285. The molecule has 2 rings (SSSR count). The van der Waals surface area contributed by atoms with Crippen molar-refractivity contribution >= 4 is 11.6 Å². The molecule has 1 aromatic rings. The van der Waals surface area contributed by atoms with Crippen LogP contribution < -0.4 is 4.90 Å². The van der Waals surface area contributed by atoms with Crippen molar-refractivity contribution in [3.8, 4) is 0 Å². The van der Waals surface area contributed by atoms with Gasteiger partial charge >= 0.3 is 6.18 Å². The summed E-state index contributed by atoms with van der Waals surface area (Å²) in [6, 6.07) is 2.28. The molecule has 7 heteroatoms. The van der Waals surface area contributed by atoms with Gasteiger partial charge in [0.05, 0.1) is 5.56 Å². The SMILES string of the molecule is CCC(=O)C1=CN(C)CCN1c1ccc(C(F)(F)F)cn1. The van der Waals surface area contributed by atoms with Crippen LogP contribution in [0.5, 0.6) is 0 Å². The molecule has 0 fully saturated rings. The molecule has 4 nitrogen and oxygen atoms in total. The first-order valence-electron chi connectivity index (χ1n) is 6.59. The number of likely N-dealkylation sites (N-methyl/N-ethyl adjacent to an activating group) is 1. The maximum atomic E-state index is 12.5. The van der Waals surface area contributed by atoms with Crippen LogP contribution in [0, 0.1) is 0 Å². The molecule has 2 heterocycles. The zero-order valence-corrected chi connectivity index (χ0v) is 11.8. The number of Topliss-reactive ketones (excluding diaryl/α,β-unsaturated/α-hetero) is 1. The minimum Gasteiger partial charge on any atom is -0.377 e. The molecular weight excluding hydrogens is 283 g/mol. The molecule has 0 saturated carbocycles. The number of aromatic nitrogens is 1. The molecular formula is C14H16F3N3O. The van der Waals surface area contributed by atoms with Gasteiger partial charge in [-0.3, -0.25) is 4.79 Å². The van der Waals surface area contributed by atoms with E-state index in [2.05, 4.69) is 4.98 Å². The van der Waals surface area contributed by atoms with E-state index in [0.717, 1.165) is 12.3 Å². The average Bonchev–Trinajstić information content (AvgIpc) is 2.45. The third-order valence-corrected chi connectivity index (χ3v) is 3.27. The quantitative estimate of drug-likeness (QED) is 0.860. The Morgan fingerprint density at radius 1 is 1.33 bits per heavy atom. The van der Waals surface area contributed by atoms with Gasteiger partial charge in [0.2, 0.25) is 0 Å². The van der Waals surface area contributed by atoms with Gasteiger partial charge in [-0.2, -0.15) is 13.2 Å². The second-order valence-corrected chi connectivity index (χ2v) is 4.83. The third-order valence-electron chi connectivity index (χ3n) is 3.27. The number of halogens is 3. The van der Waals surface area contributed by atoms with Gasteiger partial charge in [0.15, 0.2) is 5.78 Å². The van der Waals surface area contributed by atoms with Gasteiger partial charge in [0, 0.05) is 39.0 Å². The first-order chi connectivity index (χ1) is 9.82. The Morgan fingerprint density at radius 3 is 2.57 bits per heavy atom. The monoisotopic (exact) mass is 299 g/mol. The van der Waals surface area contributed by atoms with Crippen LogP contribution in [-0.4, -0.2) is 35.8 Å². The van der Waals surface area contributed by atoms with Crippen molar-refractivity contribution in [1.29, 1.82) is 0 Å². The fraction of sp³-hybridized carbons (Fsp3) is 0.429. The standard InChI is InChI=1S/C14H16F3N3O/c1-3-12(21)11-9-19(2)6-7-20(11)13-5-4-10(8-18-13)14(15,16)17/h4-5,8-9H,3,6-7H2,1-2H3. The van der Waals surface area contributed by atoms with E-state index in [1.54, 1.807) is 18.0 Å². The highest BCUT2D eigenvalue weighted by atomic mass is 19.4. The Labute approximate surface area is 120 Å². The van der Waals surface area contributed by atoms with Gasteiger partial charge in [-0.1, -0.05) is 6.92 Å². The molecule has 0 atom stereocenters. The Balaban J connectivity index is 2.31. The van der Waals surface area contributed by atoms with E-state index in [0.29, 0.717) is 31.0 Å². The Hall–Kier alpha value is -2.05. The van der Waals surface area contributed by atoms with E-state index in [4.69, 9.17) is 0 Å². The minimum absolute atomic E-state index is 0.0664. The van der Waals surface area contributed by atoms with E-state index in [-0.39, 0.29) is 5.78 Å². The summed E-state index contributed by atoms with van der Waals surface area (Å²) in [7, 11) is 1.85. The molecule has 0 aromatic carbocycles. The van der Waals surface area contributed by atoms with Crippen molar-refractivity contribution in [2.45, 2.75) is 19.5 Å². The van der Waals surface area contributed by atoms with Gasteiger partial charge in [-0.25, -0.2) is 4.98 Å². The molecule has 0 unspecified atom stereocenters. The maximum absolute atomic E-state index is 12.5. The molecule has 1 aliphatic heterocycles. The summed E-state index contributed by atoms with van der Waals surface area (Å²) in [6.45, 7) is 2.92. The van der Waals surface area contributed by atoms with Crippen molar-refractivity contribution in [3.05, 3.63) is 35.8 Å². The van der Waals surface area contributed by atoms with Gasteiger partial charge in [0.25, 0.3) is 0 Å². The highest BCUT2D eigenvalue weighted by Gasteiger charge is 2.31. The lowest BCUT2D eigenvalue weighted by molar-refractivity contribution is -0.137. The minimum atomic E-state index is -4.41. The number of carbonyl (C=O) groups is 1. The number of pyridine rings is 1. The van der Waals surface area contributed by atoms with Crippen LogP contribution in [0.4, 0.5) is 19.0 Å². The molecule has 0 amide bonds. The summed E-state index contributed by atoms with van der Waals surface area (Å²) < 4.78 is 37.6. The summed E-state index contributed by atoms with van der Waals surface area (Å²) in [5, 5.41) is 0. The number of alkyl halides is 3. The molecule has 0 spiro atoms. The van der Waals surface area contributed by atoms with Crippen LogP contribution in [-0.2, 0) is 11.0 Å². The first kappa shape index (κ1) is 15.3. The van der Waals surface area contributed by atoms with E-state index in [9.17, 15) is 18.0 Å². The maximum Gasteiger partial charge on any atom is 0.417 e. The topological polar surface area (TPSA) is 36.4 Å². The molecule has 0 N–H and O–H groups in total. The number of carbonyl (C=O) groups excluding carboxylic acids is 1. The van der Waals surface area contributed by atoms with Gasteiger partial charge in [-0.05, 0) is 12.1 Å². The zero-order valence-electron chi connectivity index (χ0n) is 11.8. The number of hydrogen-bond acceptors (Lipinski definition) is 4. The summed E-state index contributed by atoms with van der Waals surface area (Å²) in [5.41, 5.74) is -0.341. The van der Waals surface area contributed by atoms with Crippen LogP contribution >= 0.6 is 0 Å². The van der Waals surface area contributed by atoms with Crippen LogP contribution in [0.3, 0.4) is 0 Å². The number of allylic oxidation sites excluding steroid dienone is 1. The zero-order chi connectivity index (χ0) is 15.6. The number of anilines is 1. The van der Waals surface area contributed by atoms with Gasteiger partial charge in [0.1, 0.15) is 11.5 Å². The second kappa shape index (κ2) is 5.75. The molecule has 0 radical (unpaired) electrons. The van der Waals surface area contributed by atoms with E-state index >= 15 is 0 Å². The molecule has 0 saturated heterocycles. The van der Waals surface area contributed by atoms with Crippen LogP contribution in [0.15, 0.2) is 30.2 Å². The number of rotatable bonds is 3. The Bertz CT molecular complexity index is 552. The van der Waals surface area contributed by atoms with Crippen LogP contribution in [0.25, 0.3) is 0 Å². The van der Waals surface area contributed by atoms with Gasteiger partial charge in [-0.15, -0.1) is 0 Å². The summed E-state index contributed by atoms with van der Waals surface area (Å²) in [4.78, 5) is 19.4. The lowest BCUT2D eigenvalue weighted by Gasteiger charge is -2.33. The lowest BCUT2D eigenvalue weighted by Crippen LogP contribution is -2.39. The molecule has 1 aliphatic rings. The smallest absolute Gasteiger partial charge is 0.377 e. The number of hydrogen-bond donors (Lipinski definition) is 0. The van der Waals surface area contributed by atoms with Crippen LogP contribution in [0.2, 0.25) is 0 Å². The summed E-state index contributed by atoms with van der Waals surface area (Å²) >= 11 is 0. The third kappa shape index (κ3) is 3.34. The largest absolute Gasteiger partial charge is 0.417 e. The number of nitrogens with zero attached hydrogens (tertiary/aromatic N) is 3. The predicted molar refractivity (Wildman–Crippen MR) is 72.6 cm³/mol. The molecule has 114 valence electrons. The average molecular weight is 299 g/mol. The van der Waals surface area contributed by atoms with Crippen molar-refractivity contribution in [2.75, 3.05) is 25.0 Å². The van der Waals surface area contributed by atoms with E-state index in [1.807, 2.05) is 11.9 Å². The number of ketones is 1. The van der Waals surface area contributed by atoms with Crippen molar-refractivity contribution in [3.63, 3.8) is 0 Å². The molecule has 21 heavy (non-hydrogen) atoms. The van der Waals surface area contributed by atoms with E-state index < -0.39 is 11.7 Å². The fourth-order valence-electron chi connectivity index (χ4n) is 2.08. The van der Waals surface area contributed by atoms with Crippen molar-refractivity contribution in [1.82, 2.24) is 9.88 Å².